The Morgan fingerprint density at radius 3 is 1.70 bits per heavy atom. The molecule has 0 amide bonds. The van der Waals surface area contributed by atoms with Crippen LogP contribution in [0.15, 0.2) is 30.3 Å². The number of ether oxygens (including phenoxy) is 2. The zero-order valence-corrected chi connectivity index (χ0v) is 23.9. The second-order valence-corrected chi connectivity index (χ2v) is 10.5. The molecule has 0 saturated carbocycles. The zero-order valence-electron chi connectivity index (χ0n) is 23.9. The first-order valence-electron chi connectivity index (χ1n) is 15.0. The Bertz CT molecular complexity index is 690. The summed E-state index contributed by atoms with van der Waals surface area (Å²) in [6.07, 6.45) is 19.6. The van der Waals surface area contributed by atoms with Crippen molar-refractivity contribution < 1.29 is 24.2 Å². The van der Waals surface area contributed by atoms with E-state index in [4.69, 9.17) is 9.47 Å². The maximum Gasteiger partial charge on any atom is 0.338 e. The minimum absolute atomic E-state index is 0.241. The van der Waals surface area contributed by atoms with Gasteiger partial charge >= 0.3 is 11.9 Å². The van der Waals surface area contributed by atoms with Crippen LogP contribution in [0, 0.1) is 5.92 Å². The largest absolute Gasteiger partial charge is 0.469 e. The van der Waals surface area contributed by atoms with Crippen LogP contribution in [0.2, 0.25) is 0 Å². The van der Waals surface area contributed by atoms with Crippen LogP contribution in [0.1, 0.15) is 140 Å². The van der Waals surface area contributed by atoms with E-state index in [-0.39, 0.29) is 6.42 Å². The highest BCUT2D eigenvalue weighted by molar-refractivity contribution is 5.89. The number of carbonyl (C=O) groups is 2. The number of aliphatic hydroxyl groups is 1. The van der Waals surface area contributed by atoms with Crippen molar-refractivity contribution in [2.75, 3.05) is 7.11 Å². The Labute approximate surface area is 226 Å². The maximum absolute atomic E-state index is 12.6. The van der Waals surface area contributed by atoms with Gasteiger partial charge in [0.25, 0.3) is 0 Å². The predicted molar refractivity (Wildman–Crippen MR) is 152 cm³/mol. The van der Waals surface area contributed by atoms with Crippen molar-refractivity contribution in [1.82, 2.24) is 0 Å². The summed E-state index contributed by atoms with van der Waals surface area (Å²) in [5.74, 6) is -1.48. The summed E-state index contributed by atoms with van der Waals surface area (Å²) in [5.41, 5.74) is 0.434. The molecule has 5 heteroatoms. The molecule has 212 valence electrons. The van der Waals surface area contributed by atoms with Crippen molar-refractivity contribution in [1.29, 1.82) is 0 Å². The molecule has 0 heterocycles. The number of aliphatic hydroxyl groups excluding tert-OH is 1. The minimum Gasteiger partial charge on any atom is -0.469 e. The summed E-state index contributed by atoms with van der Waals surface area (Å²) in [5, 5.41) is 10.7. The van der Waals surface area contributed by atoms with Crippen molar-refractivity contribution >= 4 is 11.9 Å². The first-order chi connectivity index (χ1) is 18.0. The molecule has 3 atom stereocenters. The van der Waals surface area contributed by atoms with Gasteiger partial charge < -0.3 is 14.6 Å². The molecule has 0 radical (unpaired) electrons. The number of methoxy groups -OCH3 is 1. The van der Waals surface area contributed by atoms with Gasteiger partial charge in [-0.3, -0.25) is 4.79 Å². The molecule has 0 bridgehead atoms. The van der Waals surface area contributed by atoms with Gasteiger partial charge in [0, 0.05) is 6.42 Å². The van der Waals surface area contributed by atoms with E-state index in [0.717, 1.165) is 12.8 Å². The molecular formula is C32H54O5. The number of rotatable bonds is 23. The Kier molecular flexibility index (Phi) is 19.8. The molecule has 5 nitrogen and oxygen atoms in total. The Balaban J connectivity index is 2.24. The number of esters is 2. The van der Waals surface area contributed by atoms with Crippen LogP contribution >= 0.6 is 0 Å². The van der Waals surface area contributed by atoms with E-state index in [1.807, 2.05) is 13.0 Å². The fourth-order valence-electron chi connectivity index (χ4n) is 4.94. The lowest BCUT2D eigenvalue weighted by Gasteiger charge is -2.26. The molecular weight excluding hydrogens is 464 g/mol. The molecule has 1 aromatic carbocycles. The van der Waals surface area contributed by atoms with Gasteiger partial charge in [0.1, 0.15) is 6.10 Å². The lowest BCUT2D eigenvalue weighted by atomic mass is 9.92. The normalized spacial score (nSPS) is 13.6. The third-order valence-corrected chi connectivity index (χ3v) is 7.31. The van der Waals surface area contributed by atoms with Gasteiger partial charge in [0.2, 0.25) is 0 Å². The van der Waals surface area contributed by atoms with Crippen LogP contribution in [-0.4, -0.2) is 36.4 Å². The van der Waals surface area contributed by atoms with Gasteiger partial charge in [-0.05, 0) is 25.0 Å². The fourth-order valence-corrected chi connectivity index (χ4v) is 4.94. The molecule has 0 saturated heterocycles. The van der Waals surface area contributed by atoms with Crippen LogP contribution in [-0.2, 0) is 14.3 Å². The highest BCUT2D eigenvalue weighted by atomic mass is 16.6. The third-order valence-electron chi connectivity index (χ3n) is 7.31. The number of benzene rings is 1. The van der Waals surface area contributed by atoms with Crippen molar-refractivity contribution in [3.05, 3.63) is 35.9 Å². The maximum atomic E-state index is 12.6. The third kappa shape index (κ3) is 15.9. The van der Waals surface area contributed by atoms with E-state index in [9.17, 15) is 14.7 Å². The first-order valence-corrected chi connectivity index (χ1v) is 15.0. The summed E-state index contributed by atoms with van der Waals surface area (Å²) in [7, 11) is 1.34. The molecule has 3 unspecified atom stereocenters. The lowest BCUT2D eigenvalue weighted by molar-refractivity contribution is -0.150. The highest BCUT2D eigenvalue weighted by Gasteiger charge is 2.32. The van der Waals surface area contributed by atoms with Gasteiger partial charge in [-0.1, -0.05) is 128 Å². The quantitative estimate of drug-likeness (QED) is 0.116. The lowest BCUT2D eigenvalue weighted by Crippen LogP contribution is -2.36. The van der Waals surface area contributed by atoms with Crippen LogP contribution in [0.3, 0.4) is 0 Å². The number of hydrogen-bond acceptors (Lipinski definition) is 5. The van der Waals surface area contributed by atoms with E-state index in [1.54, 1.807) is 24.3 Å². The van der Waals surface area contributed by atoms with Gasteiger partial charge in [-0.2, -0.15) is 0 Å². The number of unbranched alkanes of at least 4 members (excludes halogenated alkanes) is 14. The summed E-state index contributed by atoms with van der Waals surface area (Å²) in [6, 6.07) is 8.75. The van der Waals surface area contributed by atoms with Crippen molar-refractivity contribution in [2.45, 2.75) is 142 Å². The Morgan fingerprint density at radius 2 is 1.24 bits per heavy atom. The molecule has 1 rings (SSSR count). The van der Waals surface area contributed by atoms with Gasteiger partial charge in [-0.25, -0.2) is 4.79 Å². The summed E-state index contributed by atoms with van der Waals surface area (Å²) in [6.45, 7) is 4.13. The standard InChI is InChI=1S/C32H54O5/c1-4-6-7-8-9-10-11-12-13-14-15-16-17-18-22-25-28(33)26-30(29(5-2)32(35)36-3)37-31(34)27-23-20-19-21-24-27/h19-21,23-24,28-30,33H,4-18,22,25-26H2,1-3H3. The summed E-state index contributed by atoms with van der Waals surface area (Å²) >= 11 is 0. The van der Waals surface area contributed by atoms with Crippen molar-refractivity contribution in [3.8, 4) is 0 Å². The highest BCUT2D eigenvalue weighted by Crippen LogP contribution is 2.23. The second-order valence-electron chi connectivity index (χ2n) is 10.5. The van der Waals surface area contributed by atoms with Gasteiger partial charge in [0.05, 0.1) is 24.7 Å². The van der Waals surface area contributed by atoms with Crippen LogP contribution in [0.5, 0.6) is 0 Å². The topological polar surface area (TPSA) is 72.8 Å². The van der Waals surface area contributed by atoms with Crippen LogP contribution in [0.4, 0.5) is 0 Å². The number of carbonyl (C=O) groups excluding carboxylic acids is 2. The smallest absolute Gasteiger partial charge is 0.338 e. The summed E-state index contributed by atoms with van der Waals surface area (Å²) < 4.78 is 10.6. The van der Waals surface area contributed by atoms with E-state index >= 15 is 0 Å². The average molecular weight is 519 g/mol. The monoisotopic (exact) mass is 518 g/mol. The van der Waals surface area contributed by atoms with E-state index in [0.29, 0.717) is 18.4 Å². The van der Waals surface area contributed by atoms with Crippen LogP contribution < -0.4 is 0 Å². The zero-order chi connectivity index (χ0) is 27.1. The van der Waals surface area contributed by atoms with Gasteiger partial charge in [0.15, 0.2) is 0 Å². The first kappa shape index (κ1) is 33.1. The molecule has 0 fully saturated rings. The molecule has 1 aromatic rings. The molecule has 0 aliphatic rings. The van der Waals surface area contributed by atoms with E-state index in [1.165, 1.54) is 90.6 Å². The minimum atomic E-state index is -0.712. The van der Waals surface area contributed by atoms with E-state index in [2.05, 4.69) is 6.92 Å². The molecule has 0 aliphatic heterocycles. The molecule has 0 aliphatic carbocycles. The Morgan fingerprint density at radius 1 is 0.757 bits per heavy atom. The predicted octanol–water partition coefficient (Wildman–Crippen LogP) is 8.42. The molecule has 0 spiro atoms. The second kappa shape index (κ2) is 22.1. The Hall–Kier alpha value is -1.88. The van der Waals surface area contributed by atoms with Crippen molar-refractivity contribution in [3.63, 3.8) is 0 Å². The van der Waals surface area contributed by atoms with Crippen molar-refractivity contribution in [2.24, 2.45) is 5.92 Å². The fraction of sp³-hybridized carbons (Fsp3) is 0.750. The molecule has 0 aromatic heterocycles. The molecule has 37 heavy (non-hydrogen) atoms. The average Bonchev–Trinajstić information content (AvgIpc) is 2.91. The SMILES string of the molecule is CCCCCCCCCCCCCCCCCC(O)CC(OC(=O)c1ccccc1)C(CC)C(=O)OC. The van der Waals surface area contributed by atoms with E-state index < -0.39 is 30.1 Å². The summed E-state index contributed by atoms with van der Waals surface area (Å²) in [4.78, 5) is 24.9. The van der Waals surface area contributed by atoms with Gasteiger partial charge in [-0.15, -0.1) is 0 Å². The molecule has 1 N–H and O–H groups in total. The number of hydrogen-bond donors (Lipinski definition) is 1. The van der Waals surface area contributed by atoms with Crippen LogP contribution in [0.25, 0.3) is 0 Å².